The summed E-state index contributed by atoms with van der Waals surface area (Å²) < 4.78 is 6.06. The number of amidine groups is 1. The van der Waals surface area contributed by atoms with Crippen molar-refractivity contribution in [3.63, 3.8) is 0 Å². The van der Waals surface area contributed by atoms with E-state index in [4.69, 9.17) is 26.4 Å². The predicted octanol–water partition coefficient (Wildman–Crippen LogP) is 7.29. The summed E-state index contributed by atoms with van der Waals surface area (Å²) in [6, 6.07) is 31.5. The molecule has 0 bridgehead atoms. The van der Waals surface area contributed by atoms with E-state index in [1.165, 1.54) is 23.9 Å². The van der Waals surface area contributed by atoms with Gasteiger partial charge in [-0.3, -0.25) is 14.7 Å². The van der Waals surface area contributed by atoms with Crippen LogP contribution in [0.1, 0.15) is 32.6 Å². The first-order valence-corrected chi connectivity index (χ1v) is 13.7. The monoisotopic (exact) mass is 568 g/mol. The molecule has 4 aromatic rings. The lowest BCUT2D eigenvalue weighted by Crippen LogP contribution is -2.28. The zero-order chi connectivity index (χ0) is 27.9. The van der Waals surface area contributed by atoms with Gasteiger partial charge in [0.25, 0.3) is 5.91 Å². The average molecular weight is 569 g/mol. The Bertz CT molecular complexity index is 1570. The number of nitrogens with zero attached hydrogens (tertiary/aromatic N) is 2. The number of rotatable bonds is 9. The Morgan fingerprint density at radius 3 is 2.25 bits per heavy atom. The van der Waals surface area contributed by atoms with Gasteiger partial charge in [-0.1, -0.05) is 84.4 Å². The van der Waals surface area contributed by atoms with E-state index in [-0.39, 0.29) is 18.1 Å². The fourth-order valence-electron chi connectivity index (χ4n) is 4.08. The summed E-state index contributed by atoms with van der Waals surface area (Å²) in [5.41, 5.74) is 3.75. The highest BCUT2D eigenvalue weighted by Gasteiger charge is 2.33. The molecule has 1 aliphatic heterocycles. The van der Waals surface area contributed by atoms with Crippen LogP contribution < -0.4 is 4.74 Å². The van der Waals surface area contributed by atoms with Gasteiger partial charge in [-0.2, -0.15) is 0 Å². The van der Waals surface area contributed by atoms with E-state index < -0.39 is 5.97 Å². The highest BCUT2D eigenvalue weighted by atomic mass is 35.5. The maximum absolute atomic E-state index is 13.6. The van der Waals surface area contributed by atoms with Crippen molar-refractivity contribution in [2.45, 2.75) is 19.7 Å². The molecule has 200 valence electrons. The van der Waals surface area contributed by atoms with Crippen molar-refractivity contribution in [3.05, 3.63) is 141 Å². The van der Waals surface area contributed by atoms with Crippen molar-refractivity contribution in [3.8, 4) is 5.75 Å². The zero-order valence-corrected chi connectivity index (χ0v) is 22.9. The van der Waals surface area contributed by atoms with E-state index in [0.29, 0.717) is 39.5 Å². The van der Waals surface area contributed by atoms with E-state index in [9.17, 15) is 9.59 Å². The van der Waals surface area contributed by atoms with Gasteiger partial charge in [-0.05, 0) is 64.9 Å². The van der Waals surface area contributed by atoms with Crippen LogP contribution in [0.25, 0.3) is 6.08 Å². The SMILES string of the molecule is O=C(O)c1ccc(COc2ccc(Cl)cc2/C=C2/SC(=NCc3ccccc3)N(Cc3ccccc3)C2=O)cc1. The molecule has 0 radical (unpaired) electrons. The van der Waals surface area contributed by atoms with Gasteiger partial charge in [-0.15, -0.1) is 0 Å². The minimum Gasteiger partial charge on any atom is -0.488 e. The standard InChI is InChI=1S/C32H25ClN2O4S/c33-27-15-16-28(39-21-24-11-13-25(14-12-24)31(37)38)26(17-27)18-29-30(36)35(20-23-9-5-2-6-10-23)32(40-29)34-19-22-7-3-1-4-8-22/h1-18H,19-21H2,(H,37,38)/b29-18+,34-32?. The molecular formula is C32H25ClN2O4S. The molecular weight excluding hydrogens is 544 g/mol. The molecule has 1 N–H and O–H groups in total. The summed E-state index contributed by atoms with van der Waals surface area (Å²) in [6.07, 6.45) is 1.78. The minimum atomic E-state index is -0.981. The number of halogens is 1. The molecule has 0 atom stereocenters. The lowest BCUT2D eigenvalue weighted by molar-refractivity contribution is -0.122. The van der Waals surface area contributed by atoms with Gasteiger partial charge in [-0.25, -0.2) is 4.79 Å². The number of carboxylic acid groups (broad SMARTS) is 1. The van der Waals surface area contributed by atoms with Crippen LogP contribution in [0.5, 0.6) is 5.75 Å². The molecule has 0 unspecified atom stereocenters. The summed E-state index contributed by atoms with van der Waals surface area (Å²) in [7, 11) is 0. The number of hydrogen-bond acceptors (Lipinski definition) is 5. The fraction of sp³-hybridized carbons (Fsp3) is 0.0938. The number of hydrogen-bond donors (Lipinski definition) is 1. The number of amides is 1. The zero-order valence-electron chi connectivity index (χ0n) is 21.4. The van der Waals surface area contributed by atoms with Gasteiger partial charge in [0.05, 0.1) is 23.6 Å². The molecule has 1 amide bonds. The topological polar surface area (TPSA) is 79.2 Å². The van der Waals surface area contributed by atoms with Crippen LogP contribution in [0, 0.1) is 0 Å². The molecule has 1 fully saturated rings. The molecule has 0 aliphatic carbocycles. The third-order valence-corrected chi connectivity index (χ3v) is 7.44. The largest absolute Gasteiger partial charge is 0.488 e. The Labute approximate surface area is 241 Å². The second kappa shape index (κ2) is 12.7. The first kappa shape index (κ1) is 27.2. The molecule has 6 nitrogen and oxygen atoms in total. The summed E-state index contributed by atoms with van der Waals surface area (Å²) >= 11 is 7.65. The molecule has 0 aromatic heterocycles. The van der Waals surface area contributed by atoms with Crippen molar-refractivity contribution in [2.75, 3.05) is 0 Å². The van der Waals surface area contributed by atoms with Crippen molar-refractivity contribution in [2.24, 2.45) is 4.99 Å². The molecule has 0 spiro atoms. The van der Waals surface area contributed by atoms with Gasteiger partial charge in [0.2, 0.25) is 0 Å². The summed E-state index contributed by atoms with van der Waals surface area (Å²) in [4.78, 5) is 31.8. The summed E-state index contributed by atoms with van der Waals surface area (Å²) in [5, 5.41) is 10.3. The number of carbonyl (C=O) groups excluding carboxylic acids is 1. The van der Waals surface area contributed by atoms with Crippen molar-refractivity contribution in [1.29, 1.82) is 0 Å². The van der Waals surface area contributed by atoms with Crippen molar-refractivity contribution in [1.82, 2.24) is 4.90 Å². The van der Waals surface area contributed by atoms with Crippen LogP contribution in [0.15, 0.2) is 113 Å². The van der Waals surface area contributed by atoms with Crippen LogP contribution in [0.2, 0.25) is 5.02 Å². The first-order chi connectivity index (χ1) is 19.5. The first-order valence-electron chi connectivity index (χ1n) is 12.5. The van der Waals surface area contributed by atoms with E-state index in [1.807, 2.05) is 60.7 Å². The normalized spacial score (nSPS) is 15.1. The number of carbonyl (C=O) groups is 2. The second-order valence-electron chi connectivity index (χ2n) is 9.04. The quantitative estimate of drug-likeness (QED) is 0.214. The number of ether oxygens (including phenoxy) is 1. The number of benzene rings is 4. The molecule has 1 aliphatic rings. The molecule has 8 heteroatoms. The molecule has 1 saturated heterocycles. The van der Waals surface area contributed by atoms with Crippen LogP contribution in [0.3, 0.4) is 0 Å². The number of thioether (sulfide) groups is 1. The third kappa shape index (κ3) is 6.81. The Morgan fingerprint density at radius 1 is 0.900 bits per heavy atom. The number of aromatic carboxylic acids is 1. The van der Waals surface area contributed by atoms with Gasteiger partial charge in [0.1, 0.15) is 12.4 Å². The van der Waals surface area contributed by atoms with Gasteiger partial charge in [0.15, 0.2) is 5.17 Å². The summed E-state index contributed by atoms with van der Waals surface area (Å²) in [5.74, 6) is -0.571. The van der Waals surface area contributed by atoms with Crippen molar-refractivity contribution < 1.29 is 19.4 Å². The van der Waals surface area contributed by atoms with Crippen molar-refractivity contribution >= 4 is 46.5 Å². The van der Waals surface area contributed by atoms with Crippen LogP contribution in [-0.4, -0.2) is 27.1 Å². The molecule has 40 heavy (non-hydrogen) atoms. The molecule has 4 aromatic carbocycles. The smallest absolute Gasteiger partial charge is 0.335 e. The van der Waals surface area contributed by atoms with Crippen LogP contribution in [-0.2, 0) is 24.5 Å². The predicted molar refractivity (Wildman–Crippen MR) is 159 cm³/mol. The third-order valence-electron chi connectivity index (χ3n) is 6.16. The van der Waals surface area contributed by atoms with Crippen LogP contribution >= 0.6 is 23.4 Å². The highest BCUT2D eigenvalue weighted by molar-refractivity contribution is 8.18. The van der Waals surface area contributed by atoms with Gasteiger partial charge < -0.3 is 9.84 Å². The average Bonchev–Trinajstić information content (AvgIpc) is 3.26. The Kier molecular flexibility index (Phi) is 8.64. The van der Waals surface area contributed by atoms with Crippen LogP contribution in [0.4, 0.5) is 0 Å². The number of aliphatic imine (C=N–C) groups is 1. The maximum Gasteiger partial charge on any atom is 0.335 e. The minimum absolute atomic E-state index is 0.143. The maximum atomic E-state index is 13.6. The molecule has 1 heterocycles. The van der Waals surface area contributed by atoms with E-state index in [0.717, 1.165) is 16.7 Å². The molecule has 5 rings (SSSR count). The lowest BCUT2D eigenvalue weighted by Gasteiger charge is -2.15. The number of carboxylic acids is 1. The van der Waals surface area contributed by atoms with Gasteiger partial charge >= 0.3 is 5.97 Å². The van der Waals surface area contributed by atoms with Gasteiger partial charge in [0, 0.05) is 10.6 Å². The lowest BCUT2D eigenvalue weighted by atomic mass is 10.1. The van der Waals surface area contributed by atoms with E-state index in [2.05, 4.69) is 0 Å². The Balaban J connectivity index is 1.41. The fourth-order valence-corrected chi connectivity index (χ4v) is 5.23. The molecule has 0 saturated carbocycles. The van der Waals surface area contributed by atoms with E-state index in [1.54, 1.807) is 41.3 Å². The Morgan fingerprint density at radius 2 is 1.57 bits per heavy atom. The second-order valence-corrected chi connectivity index (χ2v) is 10.5. The summed E-state index contributed by atoms with van der Waals surface area (Å²) in [6.45, 7) is 1.09. The highest BCUT2D eigenvalue weighted by Crippen LogP contribution is 2.36. The Hall–Kier alpha value is -4.33. The van der Waals surface area contributed by atoms with E-state index >= 15 is 0 Å².